The molecule has 19 heavy (non-hydrogen) atoms. The maximum absolute atomic E-state index is 13.2. The summed E-state index contributed by atoms with van der Waals surface area (Å²) in [5.74, 6) is -1.96. The van der Waals surface area contributed by atoms with Gasteiger partial charge >= 0.3 is 0 Å². The van der Waals surface area contributed by atoms with E-state index in [0.717, 1.165) is 16.1 Å². The van der Waals surface area contributed by atoms with Gasteiger partial charge in [0.15, 0.2) is 5.82 Å². The minimum Gasteiger partial charge on any atom is -0.382 e. The molecule has 0 amide bonds. The minimum absolute atomic E-state index is 0.0551. The number of H-pyrrole nitrogens is 1. The molecule has 3 N–H and O–H groups in total. The van der Waals surface area contributed by atoms with E-state index in [0.29, 0.717) is 18.7 Å². The summed E-state index contributed by atoms with van der Waals surface area (Å²) >= 11 is 1.58. The number of anilines is 1. The van der Waals surface area contributed by atoms with Gasteiger partial charge in [0.25, 0.3) is 0 Å². The lowest BCUT2D eigenvalue weighted by Gasteiger charge is -2.28. The number of aromatic amines is 1. The monoisotopic (exact) mass is 283 g/mol. The van der Waals surface area contributed by atoms with Crippen LogP contribution in [-0.2, 0) is 0 Å². The topological polar surface area (TPSA) is 54.7 Å². The highest BCUT2D eigenvalue weighted by atomic mass is 32.1. The van der Waals surface area contributed by atoms with Crippen molar-refractivity contribution in [2.24, 2.45) is 0 Å². The number of alkyl halides is 2. The van der Waals surface area contributed by atoms with Gasteiger partial charge in [0, 0.05) is 29.3 Å². The van der Waals surface area contributed by atoms with Crippen LogP contribution >= 0.6 is 11.3 Å². The van der Waals surface area contributed by atoms with Gasteiger partial charge in [0.1, 0.15) is 0 Å². The van der Waals surface area contributed by atoms with Gasteiger partial charge in [-0.2, -0.15) is 5.10 Å². The molecular weight excluding hydrogens is 268 g/mol. The number of nitrogen functional groups attached to an aromatic ring is 1. The summed E-state index contributed by atoms with van der Waals surface area (Å²) in [4.78, 5) is 1.04. The van der Waals surface area contributed by atoms with E-state index >= 15 is 0 Å². The van der Waals surface area contributed by atoms with E-state index < -0.39 is 5.92 Å². The van der Waals surface area contributed by atoms with Crippen LogP contribution in [0.2, 0.25) is 0 Å². The minimum atomic E-state index is -2.51. The highest BCUT2D eigenvalue weighted by Crippen LogP contribution is 2.44. The number of halogens is 2. The van der Waals surface area contributed by atoms with Crippen molar-refractivity contribution in [1.82, 2.24) is 10.2 Å². The normalized spacial score (nSPS) is 19.7. The van der Waals surface area contributed by atoms with Crippen molar-refractivity contribution in [1.29, 1.82) is 0 Å². The second-order valence-corrected chi connectivity index (χ2v) is 5.95. The third kappa shape index (κ3) is 2.36. The molecule has 0 aliphatic heterocycles. The first-order chi connectivity index (χ1) is 9.07. The Balaban J connectivity index is 1.90. The summed E-state index contributed by atoms with van der Waals surface area (Å²) in [6.07, 6.45) is 0.848. The molecule has 2 aromatic heterocycles. The van der Waals surface area contributed by atoms with Crippen LogP contribution in [0.25, 0.3) is 10.4 Å². The zero-order valence-corrected chi connectivity index (χ0v) is 11.1. The van der Waals surface area contributed by atoms with Crippen LogP contribution in [0.3, 0.4) is 0 Å². The zero-order chi connectivity index (χ0) is 13.5. The van der Waals surface area contributed by atoms with Crippen LogP contribution in [0.5, 0.6) is 0 Å². The van der Waals surface area contributed by atoms with Crippen molar-refractivity contribution in [2.75, 3.05) is 5.73 Å². The van der Waals surface area contributed by atoms with E-state index in [1.165, 1.54) is 0 Å². The fraction of sp³-hybridized carbons (Fsp3) is 0.462. The highest BCUT2D eigenvalue weighted by Gasteiger charge is 2.37. The molecule has 102 valence electrons. The smallest absolute Gasteiger partial charge is 0.248 e. The highest BCUT2D eigenvalue weighted by molar-refractivity contribution is 7.13. The van der Waals surface area contributed by atoms with E-state index in [4.69, 9.17) is 5.73 Å². The molecule has 0 atom stereocenters. The fourth-order valence-electron chi connectivity index (χ4n) is 2.67. The van der Waals surface area contributed by atoms with E-state index in [1.54, 1.807) is 11.3 Å². The number of hydrogen-bond donors (Lipinski definition) is 2. The van der Waals surface area contributed by atoms with Crippen LogP contribution in [0, 0.1) is 0 Å². The van der Waals surface area contributed by atoms with E-state index in [2.05, 4.69) is 10.2 Å². The van der Waals surface area contributed by atoms with Crippen LogP contribution < -0.4 is 5.73 Å². The van der Waals surface area contributed by atoms with E-state index in [-0.39, 0.29) is 18.8 Å². The molecule has 1 saturated carbocycles. The number of aromatic nitrogens is 2. The van der Waals surface area contributed by atoms with E-state index in [9.17, 15) is 8.78 Å². The summed E-state index contributed by atoms with van der Waals surface area (Å²) in [5.41, 5.74) is 7.71. The standard InChI is InChI=1S/C13H15F2N3S/c14-13(15)5-3-8(4-6-13)11-10(12(16)18-17-11)9-2-1-7-19-9/h1-2,7-8H,3-6H2,(H3,16,17,18). The third-order valence-electron chi connectivity index (χ3n) is 3.72. The lowest BCUT2D eigenvalue weighted by molar-refractivity contribution is -0.0384. The molecule has 0 bridgehead atoms. The second kappa shape index (κ2) is 4.59. The third-order valence-corrected chi connectivity index (χ3v) is 4.60. The average Bonchev–Trinajstić information content (AvgIpc) is 2.98. The Morgan fingerprint density at radius 2 is 2.11 bits per heavy atom. The summed E-state index contributed by atoms with van der Waals surface area (Å²) in [5, 5.41) is 8.97. The Bertz CT molecular complexity index is 552. The Hall–Kier alpha value is -1.43. The molecule has 0 aromatic carbocycles. The van der Waals surface area contributed by atoms with Crippen molar-refractivity contribution in [3.8, 4) is 10.4 Å². The van der Waals surface area contributed by atoms with Crippen LogP contribution in [0.15, 0.2) is 17.5 Å². The molecule has 1 aliphatic carbocycles. The van der Waals surface area contributed by atoms with Gasteiger partial charge in [0.05, 0.1) is 5.56 Å². The quantitative estimate of drug-likeness (QED) is 0.874. The van der Waals surface area contributed by atoms with E-state index in [1.807, 2.05) is 17.5 Å². The molecular formula is C13H15F2N3S. The van der Waals surface area contributed by atoms with Gasteiger partial charge in [-0.05, 0) is 24.3 Å². The lowest BCUT2D eigenvalue weighted by atomic mass is 9.83. The van der Waals surface area contributed by atoms with Gasteiger partial charge in [-0.15, -0.1) is 11.3 Å². The van der Waals surface area contributed by atoms with Crippen LogP contribution in [0.1, 0.15) is 37.3 Å². The second-order valence-electron chi connectivity index (χ2n) is 5.01. The summed E-state index contributed by atoms with van der Waals surface area (Å²) < 4.78 is 26.4. The predicted molar refractivity (Wildman–Crippen MR) is 72.5 cm³/mol. The number of hydrogen-bond acceptors (Lipinski definition) is 3. The lowest BCUT2D eigenvalue weighted by Crippen LogP contribution is -2.24. The number of nitrogens with one attached hydrogen (secondary N) is 1. The summed E-state index contributed by atoms with van der Waals surface area (Å²) in [6, 6.07) is 3.93. The summed E-state index contributed by atoms with van der Waals surface area (Å²) in [6.45, 7) is 0. The molecule has 0 saturated heterocycles. The average molecular weight is 283 g/mol. The van der Waals surface area contributed by atoms with Gasteiger partial charge < -0.3 is 5.73 Å². The number of nitrogens with zero attached hydrogens (tertiary/aromatic N) is 1. The van der Waals surface area contributed by atoms with Gasteiger partial charge in [-0.1, -0.05) is 6.07 Å². The largest absolute Gasteiger partial charge is 0.382 e. The van der Waals surface area contributed by atoms with Crippen molar-refractivity contribution < 1.29 is 8.78 Å². The molecule has 3 nitrogen and oxygen atoms in total. The number of rotatable bonds is 2. The zero-order valence-electron chi connectivity index (χ0n) is 10.3. The molecule has 6 heteroatoms. The molecule has 1 aliphatic rings. The molecule has 1 fully saturated rings. The maximum Gasteiger partial charge on any atom is 0.248 e. The molecule has 2 aromatic rings. The Kier molecular flexibility index (Phi) is 3.05. The first-order valence-electron chi connectivity index (χ1n) is 6.32. The maximum atomic E-state index is 13.2. The van der Waals surface area contributed by atoms with Crippen molar-refractivity contribution in [3.63, 3.8) is 0 Å². The molecule has 2 heterocycles. The molecule has 3 rings (SSSR count). The fourth-order valence-corrected chi connectivity index (χ4v) is 3.47. The molecule has 0 radical (unpaired) electrons. The van der Waals surface area contributed by atoms with Gasteiger partial charge in [-0.25, -0.2) is 8.78 Å². The van der Waals surface area contributed by atoms with Crippen LogP contribution in [0.4, 0.5) is 14.6 Å². The SMILES string of the molecule is Nc1n[nH]c(C2CCC(F)(F)CC2)c1-c1cccs1. The summed E-state index contributed by atoms with van der Waals surface area (Å²) in [7, 11) is 0. The first kappa shape index (κ1) is 12.6. The predicted octanol–water partition coefficient (Wildman–Crippen LogP) is 4.01. The van der Waals surface area contributed by atoms with Gasteiger partial charge in [0.2, 0.25) is 5.92 Å². The van der Waals surface area contributed by atoms with Crippen LogP contribution in [-0.4, -0.2) is 16.1 Å². The number of nitrogens with two attached hydrogens (primary N) is 1. The first-order valence-corrected chi connectivity index (χ1v) is 7.20. The molecule has 0 unspecified atom stereocenters. The Morgan fingerprint density at radius 3 is 2.74 bits per heavy atom. The Morgan fingerprint density at radius 1 is 1.37 bits per heavy atom. The van der Waals surface area contributed by atoms with Gasteiger partial charge in [-0.3, -0.25) is 5.10 Å². The molecule has 0 spiro atoms. The van der Waals surface area contributed by atoms with Crippen molar-refractivity contribution >= 4 is 17.2 Å². The van der Waals surface area contributed by atoms with Crippen molar-refractivity contribution in [2.45, 2.75) is 37.5 Å². The number of thiophene rings is 1. The Labute approximate surface area is 113 Å². The van der Waals surface area contributed by atoms with Crippen molar-refractivity contribution in [3.05, 3.63) is 23.2 Å².